The summed E-state index contributed by atoms with van der Waals surface area (Å²) in [5.41, 5.74) is 0. The lowest BCUT2D eigenvalue weighted by molar-refractivity contribution is -0.337. The molecular weight excluding hydrogens is 286 g/mol. The van der Waals surface area contributed by atoms with Crippen LogP contribution in [-0.4, -0.2) is 29.7 Å². The zero-order valence-corrected chi connectivity index (χ0v) is 13.9. The standard InChI is InChI=1S/C10H17NO2.C6H12O3/c1-2-3-4-5-6-9-7-10(8-11)13-12-9;1-4(2)5-3-6(7)9-8-5/h9-10H,2-7H2,1H3;4-7H,3H2,1-2H3. The molecule has 0 aromatic carbocycles. The summed E-state index contributed by atoms with van der Waals surface area (Å²) in [4.78, 5) is 19.1. The van der Waals surface area contributed by atoms with Crippen LogP contribution in [0.1, 0.15) is 65.7 Å². The van der Waals surface area contributed by atoms with Crippen molar-refractivity contribution in [2.45, 2.75) is 90.3 Å². The number of aliphatic hydroxyl groups excluding tert-OH is 1. The quantitative estimate of drug-likeness (QED) is 0.598. The summed E-state index contributed by atoms with van der Waals surface area (Å²) in [7, 11) is 0. The summed E-state index contributed by atoms with van der Waals surface area (Å²) in [6, 6.07) is 2.05. The molecule has 128 valence electrons. The van der Waals surface area contributed by atoms with Crippen molar-refractivity contribution in [1.82, 2.24) is 0 Å². The number of aliphatic hydroxyl groups is 1. The van der Waals surface area contributed by atoms with Crippen molar-refractivity contribution in [1.29, 1.82) is 5.26 Å². The van der Waals surface area contributed by atoms with Crippen LogP contribution < -0.4 is 0 Å². The third-order valence-electron chi connectivity index (χ3n) is 3.78. The van der Waals surface area contributed by atoms with Gasteiger partial charge in [-0.15, -0.1) is 0 Å². The van der Waals surface area contributed by atoms with E-state index in [1.54, 1.807) is 0 Å². The Morgan fingerprint density at radius 2 is 1.86 bits per heavy atom. The van der Waals surface area contributed by atoms with E-state index in [0.29, 0.717) is 12.3 Å². The van der Waals surface area contributed by atoms with Gasteiger partial charge in [-0.2, -0.15) is 5.26 Å². The lowest BCUT2D eigenvalue weighted by Gasteiger charge is -2.08. The summed E-state index contributed by atoms with van der Waals surface area (Å²) in [6.45, 7) is 6.26. The van der Waals surface area contributed by atoms with Crippen molar-refractivity contribution in [3.05, 3.63) is 0 Å². The lowest BCUT2D eigenvalue weighted by atomic mass is 10.1. The van der Waals surface area contributed by atoms with Crippen LogP contribution >= 0.6 is 0 Å². The van der Waals surface area contributed by atoms with Crippen molar-refractivity contribution in [3.8, 4) is 6.07 Å². The Bertz CT molecular complexity index is 331. The summed E-state index contributed by atoms with van der Waals surface area (Å²) >= 11 is 0. The van der Waals surface area contributed by atoms with Gasteiger partial charge < -0.3 is 5.11 Å². The molecule has 2 rings (SSSR count). The van der Waals surface area contributed by atoms with E-state index in [4.69, 9.17) is 25.0 Å². The molecule has 0 aliphatic carbocycles. The molecule has 0 aromatic heterocycles. The second kappa shape index (κ2) is 10.9. The fourth-order valence-electron chi connectivity index (χ4n) is 2.30. The molecular formula is C16H29NO5. The van der Waals surface area contributed by atoms with E-state index in [9.17, 15) is 0 Å². The Hall–Kier alpha value is -0.710. The topological polar surface area (TPSA) is 80.9 Å². The SMILES string of the molecule is CC(C)C1CC(O)OO1.CCCCCCC1CC(C#N)OO1. The first kappa shape index (κ1) is 19.3. The smallest absolute Gasteiger partial charge is 0.191 e. The molecule has 4 unspecified atom stereocenters. The zero-order chi connectivity index (χ0) is 16.4. The second-order valence-electron chi connectivity index (χ2n) is 6.18. The van der Waals surface area contributed by atoms with E-state index in [2.05, 4.69) is 11.8 Å². The van der Waals surface area contributed by atoms with Gasteiger partial charge >= 0.3 is 0 Å². The fourth-order valence-corrected chi connectivity index (χ4v) is 2.30. The molecule has 2 aliphatic heterocycles. The molecule has 2 heterocycles. The molecule has 0 amide bonds. The third kappa shape index (κ3) is 7.52. The first-order chi connectivity index (χ1) is 10.6. The van der Waals surface area contributed by atoms with Crippen LogP contribution in [0.15, 0.2) is 0 Å². The molecule has 0 spiro atoms. The number of nitrogens with zero attached hydrogens (tertiary/aromatic N) is 1. The van der Waals surface area contributed by atoms with E-state index < -0.39 is 6.29 Å². The van der Waals surface area contributed by atoms with Crippen molar-refractivity contribution in [2.75, 3.05) is 0 Å². The lowest BCUT2D eigenvalue weighted by Crippen LogP contribution is -2.13. The normalized spacial score (nSPS) is 30.9. The molecule has 2 fully saturated rings. The van der Waals surface area contributed by atoms with Gasteiger partial charge in [-0.1, -0.05) is 46.5 Å². The number of rotatable bonds is 6. The number of unbranched alkanes of at least 4 members (excludes halogenated alkanes) is 3. The van der Waals surface area contributed by atoms with Gasteiger partial charge in [0.05, 0.1) is 12.2 Å². The highest BCUT2D eigenvalue weighted by molar-refractivity contribution is 4.87. The average molecular weight is 315 g/mol. The molecule has 22 heavy (non-hydrogen) atoms. The van der Waals surface area contributed by atoms with E-state index in [1.807, 2.05) is 19.9 Å². The molecule has 0 radical (unpaired) electrons. The van der Waals surface area contributed by atoms with Crippen molar-refractivity contribution in [2.24, 2.45) is 5.92 Å². The van der Waals surface area contributed by atoms with Gasteiger partial charge in [-0.3, -0.25) is 0 Å². The fraction of sp³-hybridized carbons (Fsp3) is 0.938. The molecule has 0 saturated carbocycles. The molecule has 0 bridgehead atoms. The Kier molecular flexibility index (Phi) is 9.60. The largest absolute Gasteiger partial charge is 0.366 e. The van der Waals surface area contributed by atoms with Crippen molar-refractivity contribution in [3.63, 3.8) is 0 Å². The first-order valence-electron chi connectivity index (χ1n) is 8.28. The first-order valence-corrected chi connectivity index (χ1v) is 8.28. The minimum Gasteiger partial charge on any atom is -0.366 e. The minimum atomic E-state index is -0.711. The molecule has 0 aromatic rings. The van der Waals surface area contributed by atoms with Gasteiger partial charge in [0.25, 0.3) is 0 Å². The van der Waals surface area contributed by atoms with E-state index in [0.717, 1.165) is 12.8 Å². The number of nitriles is 1. The zero-order valence-electron chi connectivity index (χ0n) is 13.9. The highest BCUT2D eigenvalue weighted by Gasteiger charge is 2.27. The van der Waals surface area contributed by atoms with Crippen LogP contribution in [0.25, 0.3) is 0 Å². The van der Waals surface area contributed by atoms with Gasteiger partial charge in [-0.05, 0) is 12.3 Å². The Labute approximate surface area is 133 Å². The van der Waals surface area contributed by atoms with Crippen LogP contribution in [0.4, 0.5) is 0 Å². The Morgan fingerprint density at radius 1 is 1.09 bits per heavy atom. The van der Waals surface area contributed by atoms with E-state index in [1.165, 1.54) is 25.7 Å². The molecule has 2 saturated heterocycles. The average Bonchev–Trinajstić information content (AvgIpc) is 3.13. The van der Waals surface area contributed by atoms with Gasteiger partial charge in [0, 0.05) is 12.8 Å². The van der Waals surface area contributed by atoms with E-state index in [-0.39, 0.29) is 18.3 Å². The summed E-state index contributed by atoms with van der Waals surface area (Å²) in [5, 5.41) is 17.3. The molecule has 2 aliphatic rings. The maximum absolute atomic E-state index is 8.80. The molecule has 6 nitrogen and oxygen atoms in total. The van der Waals surface area contributed by atoms with Crippen molar-refractivity contribution >= 4 is 0 Å². The van der Waals surface area contributed by atoms with Gasteiger partial charge in [0.15, 0.2) is 12.4 Å². The predicted molar refractivity (Wildman–Crippen MR) is 80.2 cm³/mol. The maximum atomic E-state index is 8.80. The summed E-state index contributed by atoms with van der Waals surface area (Å²) in [6.07, 6.45) is 6.51. The van der Waals surface area contributed by atoms with Gasteiger partial charge in [-0.25, -0.2) is 19.6 Å². The van der Waals surface area contributed by atoms with Gasteiger partial charge in [0.1, 0.15) is 6.10 Å². The molecule has 6 heteroatoms. The van der Waals surface area contributed by atoms with Crippen LogP contribution in [-0.2, 0) is 19.6 Å². The highest BCUT2D eigenvalue weighted by atomic mass is 17.2. The number of hydrogen-bond donors (Lipinski definition) is 1. The summed E-state index contributed by atoms with van der Waals surface area (Å²) in [5.74, 6) is 0.419. The van der Waals surface area contributed by atoms with E-state index >= 15 is 0 Å². The maximum Gasteiger partial charge on any atom is 0.191 e. The van der Waals surface area contributed by atoms with Crippen LogP contribution in [0.5, 0.6) is 0 Å². The monoisotopic (exact) mass is 315 g/mol. The predicted octanol–water partition coefficient (Wildman–Crippen LogP) is 3.25. The number of hydrogen-bond acceptors (Lipinski definition) is 6. The summed E-state index contributed by atoms with van der Waals surface area (Å²) < 4.78 is 0. The Morgan fingerprint density at radius 3 is 2.32 bits per heavy atom. The third-order valence-corrected chi connectivity index (χ3v) is 3.78. The second-order valence-corrected chi connectivity index (χ2v) is 6.18. The van der Waals surface area contributed by atoms with Gasteiger partial charge in [0.2, 0.25) is 0 Å². The molecule has 4 atom stereocenters. The highest BCUT2D eigenvalue weighted by Crippen LogP contribution is 2.21. The molecule has 1 N–H and O–H groups in total. The van der Waals surface area contributed by atoms with Crippen molar-refractivity contribution < 1.29 is 24.7 Å². The minimum absolute atomic E-state index is 0.0694. The van der Waals surface area contributed by atoms with Crippen LogP contribution in [0, 0.1) is 17.2 Å². The van der Waals surface area contributed by atoms with Crippen LogP contribution in [0.3, 0.4) is 0 Å². The van der Waals surface area contributed by atoms with Crippen LogP contribution in [0.2, 0.25) is 0 Å². The Balaban J connectivity index is 0.000000235.